The fourth-order valence-corrected chi connectivity index (χ4v) is 2.65. The highest BCUT2D eigenvalue weighted by atomic mass is 32.2. The van der Waals surface area contributed by atoms with Gasteiger partial charge in [0.15, 0.2) is 0 Å². The van der Waals surface area contributed by atoms with E-state index in [-0.39, 0.29) is 16.7 Å². The van der Waals surface area contributed by atoms with Gasteiger partial charge in [-0.05, 0) is 19.8 Å². The number of hydrogen-bond acceptors (Lipinski definition) is 3. The normalized spacial score (nSPS) is 26.6. The molecule has 1 aliphatic rings. The number of rotatable bonds is 6. The molecule has 2 unspecified atom stereocenters. The van der Waals surface area contributed by atoms with Crippen LogP contribution in [-0.4, -0.2) is 16.7 Å². The van der Waals surface area contributed by atoms with E-state index in [2.05, 4.69) is 6.92 Å². The Morgan fingerprint density at radius 1 is 1.29 bits per heavy atom. The zero-order valence-corrected chi connectivity index (χ0v) is 9.94. The Morgan fingerprint density at radius 2 is 2.00 bits per heavy atom. The summed E-state index contributed by atoms with van der Waals surface area (Å²) in [5.74, 6) is -0.0337. The molecular formula is C11H20O2S. The lowest BCUT2D eigenvalue weighted by Gasteiger charge is -2.07. The van der Waals surface area contributed by atoms with Gasteiger partial charge >= 0.3 is 5.97 Å². The van der Waals surface area contributed by atoms with Gasteiger partial charge in [-0.3, -0.25) is 4.79 Å². The maximum absolute atomic E-state index is 11.1. The largest absolute Gasteiger partial charge is 0.450 e. The zero-order valence-electron chi connectivity index (χ0n) is 9.12. The smallest absolute Gasteiger partial charge is 0.320 e. The van der Waals surface area contributed by atoms with Gasteiger partial charge in [0.05, 0.1) is 0 Å². The minimum atomic E-state index is -0.0337. The second-order valence-electron chi connectivity index (χ2n) is 3.85. The highest BCUT2D eigenvalue weighted by molar-refractivity contribution is 8.01. The van der Waals surface area contributed by atoms with Crippen LogP contribution in [0.2, 0.25) is 0 Å². The van der Waals surface area contributed by atoms with Crippen molar-refractivity contribution in [1.82, 2.24) is 0 Å². The summed E-state index contributed by atoms with van der Waals surface area (Å²) in [4.78, 5) is 11.1. The number of ether oxygens (including phenoxy) is 1. The predicted octanol–water partition coefficient (Wildman–Crippen LogP) is 3.35. The maximum atomic E-state index is 11.1. The molecule has 0 spiro atoms. The second kappa shape index (κ2) is 6.33. The molecule has 0 aromatic carbocycles. The van der Waals surface area contributed by atoms with Gasteiger partial charge in [0.1, 0.15) is 10.7 Å². The van der Waals surface area contributed by atoms with Gasteiger partial charge in [-0.1, -0.05) is 32.6 Å². The van der Waals surface area contributed by atoms with Gasteiger partial charge in [-0.2, -0.15) is 0 Å². The molecule has 0 saturated carbocycles. The van der Waals surface area contributed by atoms with Crippen LogP contribution in [0.25, 0.3) is 0 Å². The van der Waals surface area contributed by atoms with E-state index in [0.717, 1.165) is 6.42 Å². The Bertz CT molecular complexity index is 182. The lowest BCUT2D eigenvalue weighted by Crippen LogP contribution is -2.07. The summed E-state index contributed by atoms with van der Waals surface area (Å²) in [6, 6.07) is 0. The van der Waals surface area contributed by atoms with E-state index in [4.69, 9.17) is 4.74 Å². The van der Waals surface area contributed by atoms with E-state index in [1.807, 2.05) is 6.92 Å². The lowest BCUT2D eigenvalue weighted by molar-refractivity contribution is -0.142. The van der Waals surface area contributed by atoms with Crippen LogP contribution >= 0.6 is 11.8 Å². The Kier molecular flexibility index (Phi) is 5.38. The highest BCUT2D eigenvalue weighted by Crippen LogP contribution is 2.31. The number of unbranched alkanes of at least 4 members (excludes halogenated alkanes) is 4. The molecule has 1 saturated heterocycles. The Labute approximate surface area is 90.8 Å². The molecule has 82 valence electrons. The molecule has 1 aliphatic heterocycles. The average Bonchev–Trinajstić information content (AvgIpc) is 2.46. The fraction of sp³-hybridized carbons (Fsp3) is 0.909. The summed E-state index contributed by atoms with van der Waals surface area (Å²) in [6.07, 6.45) is 7.43. The number of carbonyl (C=O) groups is 1. The van der Waals surface area contributed by atoms with E-state index in [0.29, 0.717) is 0 Å². The lowest BCUT2D eigenvalue weighted by atomic mass is 10.1. The van der Waals surface area contributed by atoms with Crippen molar-refractivity contribution in [1.29, 1.82) is 0 Å². The molecular weight excluding hydrogens is 196 g/mol. The van der Waals surface area contributed by atoms with Gasteiger partial charge in [0.2, 0.25) is 0 Å². The SMILES string of the molecule is CCCCCCCC1OC(=O)C(C)S1. The molecule has 0 amide bonds. The third-order valence-electron chi connectivity index (χ3n) is 2.48. The van der Waals surface area contributed by atoms with Gasteiger partial charge in [-0.25, -0.2) is 0 Å². The minimum Gasteiger partial charge on any atom is -0.450 e. The van der Waals surface area contributed by atoms with Crippen LogP contribution in [0.1, 0.15) is 52.4 Å². The van der Waals surface area contributed by atoms with Crippen molar-refractivity contribution in [3.8, 4) is 0 Å². The Hall–Kier alpha value is -0.180. The fourth-order valence-electron chi connectivity index (χ4n) is 1.58. The molecule has 1 rings (SSSR count). The van der Waals surface area contributed by atoms with E-state index in [1.165, 1.54) is 32.1 Å². The highest BCUT2D eigenvalue weighted by Gasteiger charge is 2.30. The number of hydrogen-bond donors (Lipinski definition) is 0. The number of thioether (sulfide) groups is 1. The first-order valence-corrected chi connectivity index (χ1v) is 6.54. The molecule has 0 radical (unpaired) electrons. The summed E-state index contributed by atoms with van der Waals surface area (Å²) in [7, 11) is 0. The number of cyclic esters (lactones) is 1. The summed E-state index contributed by atoms with van der Waals surface area (Å²) < 4.78 is 5.20. The zero-order chi connectivity index (χ0) is 10.4. The molecule has 0 bridgehead atoms. The molecule has 2 nitrogen and oxygen atoms in total. The van der Waals surface area contributed by atoms with Crippen molar-refractivity contribution in [3.63, 3.8) is 0 Å². The van der Waals surface area contributed by atoms with Crippen molar-refractivity contribution in [3.05, 3.63) is 0 Å². The first kappa shape index (κ1) is 11.9. The second-order valence-corrected chi connectivity index (χ2v) is 5.35. The molecule has 0 aromatic heterocycles. The topological polar surface area (TPSA) is 26.3 Å². The van der Waals surface area contributed by atoms with Crippen molar-refractivity contribution in [2.45, 2.75) is 63.1 Å². The molecule has 0 N–H and O–H groups in total. The first-order valence-electron chi connectivity index (χ1n) is 5.60. The summed E-state index contributed by atoms with van der Waals surface area (Å²) in [5, 5.41) is 0.0515. The molecule has 1 heterocycles. The molecule has 0 aliphatic carbocycles. The molecule has 2 atom stereocenters. The van der Waals surface area contributed by atoms with Crippen LogP contribution in [0.15, 0.2) is 0 Å². The van der Waals surface area contributed by atoms with E-state index in [1.54, 1.807) is 11.8 Å². The van der Waals surface area contributed by atoms with Crippen LogP contribution in [0, 0.1) is 0 Å². The van der Waals surface area contributed by atoms with Gasteiger partial charge in [-0.15, -0.1) is 11.8 Å². The van der Waals surface area contributed by atoms with E-state index in [9.17, 15) is 4.79 Å². The molecule has 14 heavy (non-hydrogen) atoms. The van der Waals surface area contributed by atoms with Crippen LogP contribution in [0.5, 0.6) is 0 Å². The quantitative estimate of drug-likeness (QED) is 0.503. The summed E-state index contributed by atoms with van der Waals surface area (Å²) >= 11 is 1.67. The summed E-state index contributed by atoms with van der Waals surface area (Å²) in [6.45, 7) is 4.14. The van der Waals surface area contributed by atoms with Gasteiger partial charge < -0.3 is 4.74 Å². The van der Waals surface area contributed by atoms with E-state index < -0.39 is 0 Å². The molecule has 3 heteroatoms. The number of carbonyl (C=O) groups excluding carboxylic acids is 1. The van der Waals surface area contributed by atoms with Gasteiger partial charge in [0.25, 0.3) is 0 Å². The standard InChI is InChI=1S/C11H20O2S/c1-3-4-5-6-7-8-10-13-11(12)9(2)14-10/h9-10H,3-8H2,1-2H3. The average molecular weight is 216 g/mol. The first-order chi connectivity index (χ1) is 6.74. The predicted molar refractivity (Wildman–Crippen MR) is 60.3 cm³/mol. The Morgan fingerprint density at radius 3 is 2.57 bits per heavy atom. The van der Waals surface area contributed by atoms with Crippen LogP contribution in [0.4, 0.5) is 0 Å². The molecule has 1 fully saturated rings. The van der Waals surface area contributed by atoms with Crippen molar-refractivity contribution in [2.24, 2.45) is 0 Å². The van der Waals surface area contributed by atoms with Crippen LogP contribution in [0.3, 0.4) is 0 Å². The van der Waals surface area contributed by atoms with Crippen molar-refractivity contribution in [2.75, 3.05) is 0 Å². The maximum Gasteiger partial charge on any atom is 0.320 e. The van der Waals surface area contributed by atoms with Gasteiger partial charge in [0, 0.05) is 0 Å². The Balaban J connectivity index is 2.00. The van der Waals surface area contributed by atoms with Crippen LogP contribution < -0.4 is 0 Å². The third kappa shape index (κ3) is 3.91. The summed E-state index contributed by atoms with van der Waals surface area (Å²) in [5.41, 5.74) is 0.138. The van der Waals surface area contributed by atoms with Crippen molar-refractivity contribution >= 4 is 17.7 Å². The van der Waals surface area contributed by atoms with Crippen molar-refractivity contribution < 1.29 is 9.53 Å². The van der Waals surface area contributed by atoms with E-state index >= 15 is 0 Å². The molecule has 0 aromatic rings. The number of esters is 1. The monoisotopic (exact) mass is 216 g/mol. The third-order valence-corrected chi connectivity index (χ3v) is 3.71. The van der Waals surface area contributed by atoms with Crippen LogP contribution in [-0.2, 0) is 9.53 Å². The minimum absolute atomic E-state index is 0.0337.